The zero-order valence-corrected chi connectivity index (χ0v) is 15.8. The number of rotatable bonds is 4. The highest BCUT2D eigenvalue weighted by molar-refractivity contribution is 6.32. The minimum absolute atomic E-state index is 0.0401. The lowest BCUT2D eigenvalue weighted by Crippen LogP contribution is -2.13. The normalized spacial score (nSPS) is 11.1. The molecule has 0 saturated heterocycles. The summed E-state index contributed by atoms with van der Waals surface area (Å²) in [6, 6.07) is 20.5. The van der Waals surface area contributed by atoms with Crippen molar-refractivity contribution >= 4 is 29.3 Å². The minimum Gasteiger partial charge on any atom is -0.321 e. The number of halogens is 1. The summed E-state index contributed by atoms with van der Waals surface area (Å²) in [4.78, 5) is 12.4. The zero-order valence-electron chi connectivity index (χ0n) is 15.0. The van der Waals surface area contributed by atoms with Crippen molar-refractivity contribution in [2.45, 2.75) is 13.8 Å². The second-order valence-electron chi connectivity index (χ2n) is 6.10. The van der Waals surface area contributed by atoms with E-state index in [0.717, 1.165) is 22.6 Å². The first-order valence-electron chi connectivity index (χ1n) is 8.43. The van der Waals surface area contributed by atoms with Gasteiger partial charge in [-0.25, -0.2) is 0 Å². The third-order valence-corrected chi connectivity index (χ3v) is 4.58. The number of nitrogens with zero attached hydrogens (tertiary/aromatic N) is 2. The minimum atomic E-state index is -0.439. The maximum absolute atomic E-state index is 12.4. The van der Waals surface area contributed by atoms with Gasteiger partial charge in [0.25, 0.3) is 5.91 Å². The highest BCUT2D eigenvalue weighted by Gasteiger charge is 2.15. The van der Waals surface area contributed by atoms with Crippen molar-refractivity contribution in [3.8, 4) is 11.8 Å². The molecule has 3 aromatic rings. The van der Waals surface area contributed by atoms with Gasteiger partial charge in [-0.15, -0.1) is 0 Å². The van der Waals surface area contributed by atoms with Gasteiger partial charge in [0.05, 0.1) is 10.7 Å². The number of carbonyl (C=O) groups is 1. The van der Waals surface area contributed by atoms with Crippen LogP contribution in [0, 0.1) is 25.2 Å². The predicted octanol–water partition coefficient (Wildman–Crippen LogP) is 5.29. The molecule has 0 aliphatic rings. The maximum atomic E-state index is 12.4. The summed E-state index contributed by atoms with van der Waals surface area (Å²) < 4.78 is 2.01. The van der Waals surface area contributed by atoms with Crippen LogP contribution >= 0.6 is 11.6 Å². The molecule has 134 valence electrons. The molecule has 0 radical (unpaired) electrons. The Bertz CT molecular complexity index is 1060. The summed E-state index contributed by atoms with van der Waals surface area (Å²) in [6.07, 6.45) is 1.61. The molecule has 0 unspecified atom stereocenters. The molecular weight excluding hydrogens is 358 g/mol. The van der Waals surface area contributed by atoms with Gasteiger partial charge in [0.2, 0.25) is 0 Å². The van der Waals surface area contributed by atoms with Crippen LogP contribution < -0.4 is 5.32 Å². The van der Waals surface area contributed by atoms with Gasteiger partial charge in [0.15, 0.2) is 0 Å². The van der Waals surface area contributed by atoms with E-state index in [0.29, 0.717) is 10.7 Å². The fourth-order valence-corrected chi connectivity index (χ4v) is 3.18. The molecule has 1 heterocycles. The lowest BCUT2D eigenvalue weighted by molar-refractivity contribution is -0.112. The fourth-order valence-electron chi connectivity index (χ4n) is 2.96. The first-order valence-corrected chi connectivity index (χ1v) is 8.81. The Labute approximate surface area is 163 Å². The van der Waals surface area contributed by atoms with Crippen LogP contribution in [0.4, 0.5) is 5.69 Å². The molecule has 1 aromatic heterocycles. The molecule has 3 rings (SSSR count). The van der Waals surface area contributed by atoms with Crippen LogP contribution in [0.25, 0.3) is 11.8 Å². The number of aromatic nitrogens is 1. The van der Waals surface area contributed by atoms with Gasteiger partial charge >= 0.3 is 0 Å². The van der Waals surface area contributed by atoms with Crippen LogP contribution in [-0.2, 0) is 4.79 Å². The molecule has 4 nitrogen and oxygen atoms in total. The van der Waals surface area contributed by atoms with Crippen molar-refractivity contribution in [1.82, 2.24) is 4.57 Å². The molecule has 27 heavy (non-hydrogen) atoms. The summed E-state index contributed by atoms with van der Waals surface area (Å²) >= 11 is 6.33. The Morgan fingerprint density at radius 3 is 2.44 bits per heavy atom. The largest absolute Gasteiger partial charge is 0.321 e. The summed E-state index contributed by atoms with van der Waals surface area (Å²) in [5.41, 5.74) is 4.21. The van der Waals surface area contributed by atoms with E-state index in [-0.39, 0.29) is 5.57 Å². The van der Waals surface area contributed by atoms with Gasteiger partial charge < -0.3 is 9.88 Å². The topological polar surface area (TPSA) is 57.8 Å². The van der Waals surface area contributed by atoms with Crippen molar-refractivity contribution in [2.24, 2.45) is 0 Å². The van der Waals surface area contributed by atoms with Crippen molar-refractivity contribution in [3.63, 3.8) is 0 Å². The summed E-state index contributed by atoms with van der Waals surface area (Å²) in [6.45, 7) is 3.90. The van der Waals surface area contributed by atoms with E-state index in [1.54, 1.807) is 18.2 Å². The Hall–Kier alpha value is -3.29. The van der Waals surface area contributed by atoms with Gasteiger partial charge in [-0.3, -0.25) is 4.79 Å². The summed E-state index contributed by atoms with van der Waals surface area (Å²) in [5, 5.41) is 12.8. The SMILES string of the molecule is Cc1cc(/C=C(/C#N)C(=O)Nc2ccccc2)c(C)n1-c1ccccc1Cl. The van der Waals surface area contributed by atoms with E-state index < -0.39 is 5.91 Å². The van der Waals surface area contributed by atoms with Crippen LogP contribution in [0.15, 0.2) is 66.2 Å². The van der Waals surface area contributed by atoms with Crippen molar-refractivity contribution in [2.75, 3.05) is 5.32 Å². The van der Waals surface area contributed by atoms with Crippen molar-refractivity contribution in [3.05, 3.63) is 88.2 Å². The third-order valence-electron chi connectivity index (χ3n) is 4.26. The van der Waals surface area contributed by atoms with E-state index >= 15 is 0 Å². The smallest absolute Gasteiger partial charge is 0.266 e. The van der Waals surface area contributed by atoms with Crippen molar-refractivity contribution in [1.29, 1.82) is 5.26 Å². The van der Waals surface area contributed by atoms with Crippen LogP contribution in [0.1, 0.15) is 17.0 Å². The Morgan fingerprint density at radius 2 is 1.78 bits per heavy atom. The molecular formula is C22H18ClN3O. The third kappa shape index (κ3) is 3.94. The fraction of sp³-hybridized carbons (Fsp3) is 0.0909. The highest BCUT2D eigenvalue weighted by atomic mass is 35.5. The number of para-hydroxylation sites is 2. The second-order valence-corrected chi connectivity index (χ2v) is 6.51. The lowest BCUT2D eigenvalue weighted by atomic mass is 10.1. The Kier molecular flexibility index (Phi) is 5.44. The number of anilines is 1. The Balaban J connectivity index is 1.96. The number of hydrogen-bond donors (Lipinski definition) is 1. The van der Waals surface area contributed by atoms with Gasteiger partial charge in [0.1, 0.15) is 11.6 Å². The second kappa shape index (κ2) is 7.94. The Morgan fingerprint density at radius 1 is 1.11 bits per heavy atom. The van der Waals surface area contributed by atoms with Crippen LogP contribution in [0.3, 0.4) is 0 Å². The molecule has 1 amide bonds. The number of nitriles is 1. The van der Waals surface area contributed by atoms with E-state index in [4.69, 9.17) is 11.6 Å². The molecule has 0 fully saturated rings. The van der Waals surface area contributed by atoms with Crippen molar-refractivity contribution < 1.29 is 4.79 Å². The van der Waals surface area contributed by atoms with E-state index in [9.17, 15) is 10.1 Å². The number of benzene rings is 2. The molecule has 0 aliphatic carbocycles. The molecule has 2 aromatic carbocycles. The first-order chi connectivity index (χ1) is 13.0. The first kappa shape index (κ1) is 18.5. The average molecular weight is 376 g/mol. The predicted molar refractivity (Wildman–Crippen MR) is 109 cm³/mol. The molecule has 0 bridgehead atoms. The maximum Gasteiger partial charge on any atom is 0.266 e. The molecule has 0 aliphatic heterocycles. The molecule has 0 spiro atoms. The summed E-state index contributed by atoms with van der Waals surface area (Å²) in [7, 11) is 0. The van der Waals surface area contributed by atoms with Crippen LogP contribution in [0.2, 0.25) is 5.02 Å². The van der Waals surface area contributed by atoms with Crippen LogP contribution in [-0.4, -0.2) is 10.5 Å². The van der Waals surface area contributed by atoms with E-state index in [1.165, 1.54) is 0 Å². The van der Waals surface area contributed by atoms with Gasteiger partial charge in [0, 0.05) is 17.1 Å². The monoisotopic (exact) mass is 375 g/mol. The average Bonchev–Trinajstić information content (AvgIpc) is 2.94. The highest BCUT2D eigenvalue weighted by Crippen LogP contribution is 2.27. The van der Waals surface area contributed by atoms with Gasteiger partial charge in [-0.05, 0) is 55.8 Å². The standard InChI is InChI=1S/C22H18ClN3O/c1-15-12-17(16(2)26(15)21-11-7-6-10-20(21)23)13-18(14-24)22(27)25-19-8-4-3-5-9-19/h3-13H,1-2H3,(H,25,27)/b18-13-. The molecule has 1 N–H and O–H groups in total. The zero-order chi connectivity index (χ0) is 19.4. The molecule has 0 atom stereocenters. The number of carbonyl (C=O) groups excluding carboxylic acids is 1. The van der Waals surface area contributed by atoms with Gasteiger partial charge in [-0.1, -0.05) is 41.9 Å². The lowest BCUT2D eigenvalue weighted by Gasteiger charge is -2.11. The summed E-state index contributed by atoms with van der Waals surface area (Å²) in [5.74, 6) is -0.439. The molecule has 0 saturated carbocycles. The number of amides is 1. The van der Waals surface area contributed by atoms with E-state index in [1.807, 2.05) is 73.0 Å². The molecule has 5 heteroatoms. The van der Waals surface area contributed by atoms with E-state index in [2.05, 4.69) is 5.32 Å². The number of hydrogen-bond acceptors (Lipinski definition) is 2. The quantitative estimate of drug-likeness (QED) is 0.497. The van der Waals surface area contributed by atoms with Gasteiger partial charge in [-0.2, -0.15) is 5.26 Å². The number of aryl methyl sites for hydroxylation is 1. The number of nitrogens with one attached hydrogen (secondary N) is 1. The van der Waals surface area contributed by atoms with Crippen LogP contribution in [0.5, 0.6) is 0 Å².